The lowest BCUT2D eigenvalue weighted by molar-refractivity contribution is -0.149. The van der Waals surface area contributed by atoms with Crippen LogP contribution in [0.3, 0.4) is 0 Å². The van der Waals surface area contributed by atoms with Crippen LogP contribution in [-0.4, -0.2) is 57.8 Å². The van der Waals surface area contributed by atoms with Gasteiger partial charge >= 0.3 is 19.4 Å². The van der Waals surface area contributed by atoms with Crippen molar-refractivity contribution in [2.45, 2.75) is 57.8 Å². The van der Waals surface area contributed by atoms with E-state index >= 15 is 0 Å². The van der Waals surface area contributed by atoms with Crippen LogP contribution in [0.25, 0.3) is 0 Å². The number of nitrogens with zero attached hydrogens (tertiary/aromatic N) is 2. The van der Waals surface area contributed by atoms with E-state index in [0.717, 1.165) is 4.57 Å². The van der Waals surface area contributed by atoms with Crippen LogP contribution in [0.2, 0.25) is 0 Å². The summed E-state index contributed by atoms with van der Waals surface area (Å²) in [5.74, 6) is -1.71. The molecule has 2 unspecified atom stereocenters. The first-order valence-electron chi connectivity index (χ1n) is 11.6. The number of halogens is 1. The number of carbonyl (C=O) groups excluding carboxylic acids is 1. The molecule has 0 amide bonds. The van der Waals surface area contributed by atoms with E-state index in [-0.39, 0.29) is 11.6 Å². The minimum atomic E-state index is -4.29. The molecule has 3 rings (SSSR count). The van der Waals surface area contributed by atoms with E-state index in [4.69, 9.17) is 24.3 Å². The van der Waals surface area contributed by atoms with Gasteiger partial charge in [0.15, 0.2) is 6.23 Å². The molecule has 0 spiro atoms. The molecule has 6 atom stereocenters. The van der Waals surface area contributed by atoms with Gasteiger partial charge < -0.3 is 24.8 Å². The highest BCUT2D eigenvalue weighted by atomic mass is 31.2. The van der Waals surface area contributed by atoms with Gasteiger partial charge in [0.05, 0.1) is 25.0 Å². The van der Waals surface area contributed by atoms with Crippen molar-refractivity contribution < 1.29 is 37.4 Å². The van der Waals surface area contributed by atoms with Crippen LogP contribution in [0.4, 0.5) is 10.2 Å². The van der Waals surface area contributed by atoms with Gasteiger partial charge in [0.1, 0.15) is 23.7 Å². The number of esters is 1. The van der Waals surface area contributed by atoms with Gasteiger partial charge in [-0.1, -0.05) is 18.2 Å². The van der Waals surface area contributed by atoms with Crippen LogP contribution in [0.1, 0.15) is 33.9 Å². The highest BCUT2D eigenvalue weighted by molar-refractivity contribution is 7.52. The van der Waals surface area contributed by atoms with Crippen molar-refractivity contribution in [3.8, 4) is 5.75 Å². The summed E-state index contributed by atoms with van der Waals surface area (Å²) >= 11 is 0. The number of alkyl halides is 1. The van der Waals surface area contributed by atoms with Crippen molar-refractivity contribution >= 4 is 19.5 Å². The Morgan fingerprint density at radius 1 is 1.32 bits per heavy atom. The number of nitrogen functional groups attached to an aromatic ring is 1. The van der Waals surface area contributed by atoms with Crippen LogP contribution in [0.5, 0.6) is 5.75 Å². The topological polar surface area (TPSA) is 164 Å². The zero-order valence-electron chi connectivity index (χ0n) is 20.9. The Morgan fingerprint density at radius 2 is 2.00 bits per heavy atom. The third-order valence-electron chi connectivity index (χ3n) is 5.72. The average Bonchev–Trinajstić information content (AvgIpc) is 3.07. The highest BCUT2D eigenvalue weighted by Crippen LogP contribution is 2.49. The van der Waals surface area contributed by atoms with Gasteiger partial charge in [0.2, 0.25) is 0 Å². The summed E-state index contributed by atoms with van der Waals surface area (Å²) < 4.78 is 51.1. The predicted octanol–water partition coefficient (Wildman–Crippen LogP) is 2.19. The first kappa shape index (κ1) is 28.7. The molecule has 37 heavy (non-hydrogen) atoms. The molecule has 2 heterocycles. The molecule has 0 aliphatic carbocycles. The Labute approximate surface area is 213 Å². The minimum absolute atomic E-state index is 0.0305. The summed E-state index contributed by atoms with van der Waals surface area (Å²) in [6.45, 7) is 4.63. The van der Waals surface area contributed by atoms with Crippen LogP contribution in [0, 0.1) is 5.92 Å². The number of para-hydroxylation sites is 1. The number of rotatable bonds is 11. The maximum atomic E-state index is 14.1. The minimum Gasteiger partial charge on any atom is -0.462 e. The third kappa shape index (κ3) is 6.93. The second-order valence-corrected chi connectivity index (χ2v) is 10.8. The summed E-state index contributed by atoms with van der Waals surface area (Å²) in [7, 11) is -4.29. The lowest BCUT2D eigenvalue weighted by atomic mass is 9.89. The molecule has 0 bridgehead atoms. The Bertz CT molecular complexity index is 1180. The van der Waals surface area contributed by atoms with Gasteiger partial charge in [-0.3, -0.25) is 18.3 Å². The molecular weight excluding hydrogens is 510 g/mol. The largest absolute Gasteiger partial charge is 0.462 e. The fraction of sp³-hybridized carbons (Fsp3) is 0.522. The summed E-state index contributed by atoms with van der Waals surface area (Å²) in [5, 5.41) is 13.3. The van der Waals surface area contributed by atoms with Crippen LogP contribution >= 0.6 is 7.75 Å². The molecule has 1 aromatic carbocycles. The molecular formula is C23H32FN4O8P. The van der Waals surface area contributed by atoms with E-state index in [1.54, 1.807) is 32.0 Å². The van der Waals surface area contributed by atoms with Gasteiger partial charge in [-0.25, -0.2) is 9.36 Å². The van der Waals surface area contributed by atoms with Gasteiger partial charge in [0.25, 0.3) is 0 Å². The number of nitrogens with one attached hydrogen (secondary N) is 1. The molecule has 204 valence electrons. The predicted molar refractivity (Wildman–Crippen MR) is 131 cm³/mol. The maximum absolute atomic E-state index is 14.1. The van der Waals surface area contributed by atoms with Crippen molar-refractivity contribution in [3.63, 3.8) is 0 Å². The Hall–Kier alpha value is -2.83. The van der Waals surface area contributed by atoms with E-state index in [1.807, 2.05) is 0 Å². The second kappa shape index (κ2) is 11.7. The van der Waals surface area contributed by atoms with E-state index in [1.165, 1.54) is 38.2 Å². The van der Waals surface area contributed by atoms with Crippen LogP contribution in [0.15, 0.2) is 47.4 Å². The van der Waals surface area contributed by atoms with Crippen LogP contribution in [-0.2, 0) is 23.4 Å². The first-order valence-corrected chi connectivity index (χ1v) is 13.2. The number of hydrogen-bond donors (Lipinski definition) is 3. The summed E-state index contributed by atoms with van der Waals surface area (Å²) in [6.07, 6.45) is -1.91. The molecule has 0 saturated carbocycles. The molecule has 0 radical (unpaired) electrons. The number of nitrogens with two attached hydrogens (primary N) is 1. The highest BCUT2D eigenvalue weighted by Gasteiger charge is 2.54. The SMILES string of the molecule is CC(C)OC(=O)[C@H](C)NP(=O)(OCC1(C)O[C@@H](n2ccc(N)nc2=O)[C@H](O)[C@@H]1CF)Oc1ccccc1. The number of anilines is 1. The van der Waals surface area contributed by atoms with Gasteiger partial charge in [-0.15, -0.1) is 0 Å². The van der Waals surface area contributed by atoms with Gasteiger partial charge in [0, 0.05) is 12.1 Å². The maximum Gasteiger partial charge on any atom is 0.459 e. The number of carbonyl (C=O) groups is 1. The average molecular weight is 543 g/mol. The molecule has 14 heteroatoms. The Kier molecular flexibility index (Phi) is 9.09. The molecule has 4 N–H and O–H groups in total. The Morgan fingerprint density at radius 3 is 2.59 bits per heavy atom. The quantitative estimate of drug-likeness (QED) is 0.282. The van der Waals surface area contributed by atoms with E-state index in [9.17, 15) is 23.7 Å². The van der Waals surface area contributed by atoms with E-state index in [0.29, 0.717) is 0 Å². The van der Waals surface area contributed by atoms with Crippen molar-refractivity contribution in [1.82, 2.24) is 14.6 Å². The number of aromatic nitrogens is 2. The number of ether oxygens (including phenoxy) is 2. The number of hydrogen-bond acceptors (Lipinski definition) is 10. The van der Waals surface area contributed by atoms with Crippen molar-refractivity contribution in [2.24, 2.45) is 5.92 Å². The van der Waals surface area contributed by atoms with Gasteiger partial charge in [-0.05, 0) is 45.9 Å². The molecule has 1 fully saturated rings. The monoisotopic (exact) mass is 542 g/mol. The molecule has 1 aromatic heterocycles. The van der Waals surface area contributed by atoms with Crippen molar-refractivity contribution in [2.75, 3.05) is 19.0 Å². The fourth-order valence-electron chi connectivity index (χ4n) is 3.78. The van der Waals surface area contributed by atoms with E-state index < -0.39 is 68.7 Å². The molecule has 2 aromatic rings. The summed E-state index contributed by atoms with van der Waals surface area (Å²) in [4.78, 5) is 28.2. The lowest BCUT2D eigenvalue weighted by Gasteiger charge is -2.31. The zero-order valence-corrected chi connectivity index (χ0v) is 21.8. The molecule has 12 nitrogen and oxygen atoms in total. The van der Waals surface area contributed by atoms with Gasteiger partial charge in [-0.2, -0.15) is 10.1 Å². The standard InChI is InChI=1S/C23H32FN4O8P/c1-14(2)34-21(30)15(3)27-37(32,36-16-8-6-5-7-9-16)33-13-23(4)17(12-24)19(29)20(35-23)28-11-10-18(25)26-22(28)31/h5-11,14-15,17,19-20,29H,12-13H2,1-4H3,(H,27,32)(H2,25,26,31)/t15-,17-,19+,20+,23?,37?/m0/s1. The molecule has 1 aliphatic heterocycles. The fourth-order valence-corrected chi connectivity index (χ4v) is 5.36. The zero-order chi connectivity index (χ0) is 27.4. The first-order chi connectivity index (χ1) is 17.4. The second-order valence-electron chi connectivity index (χ2n) is 9.13. The number of aliphatic hydroxyl groups excluding tert-OH is 1. The normalized spacial score (nSPS) is 26.0. The summed E-state index contributed by atoms with van der Waals surface area (Å²) in [6, 6.07) is 8.33. The van der Waals surface area contributed by atoms with Crippen molar-refractivity contribution in [1.29, 1.82) is 0 Å². The smallest absolute Gasteiger partial charge is 0.459 e. The Balaban J connectivity index is 1.84. The number of aliphatic hydroxyl groups is 1. The van der Waals surface area contributed by atoms with E-state index in [2.05, 4.69) is 10.1 Å². The lowest BCUT2D eigenvalue weighted by Crippen LogP contribution is -2.42. The summed E-state index contributed by atoms with van der Waals surface area (Å²) in [5.41, 5.74) is 3.16. The molecule has 1 aliphatic rings. The van der Waals surface area contributed by atoms with Crippen molar-refractivity contribution in [3.05, 3.63) is 53.1 Å². The van der Waals surface area contributed by atoms with Crippen LogP contribution < -0.4 is 21.0 Å². The third-order valence-corrected chi connectivity index (χ3v) is 7.34. The number of benzene rings is 1. The molecule has 1 saturated heterocycles.